The summed E-state index contributed by atoms with van der Waals surface area (Å²) in [5.74, 6) is -0.216. The van der Waals surface area contributed by atoms with Crippen LogP contribution in [0.2, 0.25) is 0 Å². The average Bonchev–Trinajstić information content (AvgIpc) is 2.88. The maximum Gasteiger partial charge on any atom is 0.323 e. The highest BCUT2D eigenvalue weighted by atomic mass is 16.2. The monoisotopic (exact) mass is 238 g/mol. The van der Waals surface area contributed by atoms with Crippen LogP contribution in [0.3, 0.4) is 0 Å². The van der Waals surface area contributed by atoms with E-state index in [0.29, 0.717) is 5.69 Å². The maximum absolute atomic E-state index is 11.8. The quantitative estimate of drug-likeness (QED) is 0.686. The fourth-order valence-corrected chi connectivity index (χ4v) is 2.19. The van der Waals surface area contributed by atoms with E-state index in [4.69, 9.17) is 0 Å². The number of carbonyl (C=O) groups is 1. The van der Waals surface area contributed by atoms with Gasteiger partial charge in [0.05, 0.1) is 0 Å². The summed E-state index contributed by atoms with van der Waals surface area (Å²) in [7, 11) is 0. The zero-order valence-corrected chi connectivity index (χ0v) is 9.95. The van der Waals surface area contributed by atoms with Crippen molar-refractivity contribution in [3.05, 3.63) is 22.4 Å². The van der Waals surface area contributed by atoms with Gasteiger partial charge in [-0.3, -0.25) is 4.79 Å². The van der Waals surface area contributed by atoms with Gasteiger partial charge in [0.2, 0.25) is 0 Å². The molecule has 6 heteroatoms. The first-order valence-corrected chi connectivity index (χ1v) is 6.00. The van der Waals surface area contributed by atoms with E-state index in [1.807, 2.05) is 0 Å². The molecule has 3 N–H and O–H groups in total. The van der Waals surface area contributed by atoms with E-state index in [-0.39, 0.29) is 17.6 Å². The van der Waals surface area contributed by atoms with Crippen LogP contribution in [0.25, 0.3) is 0 Å². The number of H-pyrrole nitrogens is 2. The minimum atomic E-state index is -0.353. The van der Waals surface area contributed by atoms with Gasteiger partial charge in [-0.1, -0.05) is 6.92 Å². The Kier molecular flexibility index (Phi) is 3.63. The van der Waals surface area contributed by atoms with Crippen molar-refractivity contribution in [2.75, 3.05) is 19.6 Å². The van der Waals surface area contributed by atoms with Crippen molar-refractivity contribution in [2.45, 2.75) is 25.8 Å². The standard InChI is InChI=1S/C11H18N4O2/c1-2-4-15-5-3-8(7-15)13-10(16)9-6-12-11(17)14-9/h6,8H,2-5,7H2,1H3,(H,13,16)(H2,12,14,17)/t8-/m1/s1. The van der Waals surface area contributed by atoms with Crippen molar-refractivity contribution in [2.24, 2.45) is 0 Å². The molecule has 0 bridgehead atoms. The van der Waals surface area contributed by atoms with Gasteiger partial charge in [-0.2, -0.15) is 0 Å². The van der Waals surface area contributed by atoms with Gasteiger partial charge in [0.15, 0.2) is 0 Å². The molecule has 1 fully saturated rings. The Morgan fingerprint density at radius 2 is 2.47 bits per heavy atom. The summed E-state index contributed by atoms with van der Waals surface area (Å²) >= 11 is 0. The predicted molar refractivity (Wildman–Crippen MR) is 64.0 cm³/mol. The molecule has 1 amide bonds. The van der Waals surface area contributed by atoms with Crippen LogP contribution in [0, 0.1) is 0 Å². The molecular weight excluding hydrogens is 220 g/mol. The second-order valence-electron chi connectivity index (χ2n) is 4.42. The lowest BCUT2D eigenvalue weighted by molar-refractivity contribution is 0.0933. The van der Waals surface area contributed by atoms with E-state index in [1.54, 1.807) is 0 Å². The van der Waals surface area contributed by atoms with Crippen molar-refractivity contribution in [1.82, 2.24) is 20.2 Å². The minimum absolute atomic E-state index is 0.187. The van der Waals surface area contributed by atoms with Gasteiger partial charge in [-0.15, -0.1) is 0 Å². The Morgan fingerprint density at radius 3 is 3.12 bits per heavy atom. The number of aromatic nitrogens is 2. The van der Waals surface area contributed by atoms with Gasteiger partial charge in [0.25, 0.3) is 5.91 Å². The first-order valence-electron chi connectivity index (χ1n) is 6.00. The molecule has 1 atom stereocenters. The van der Waals surface area contributed by atoms with E-state index < -0.39 is 0 Å². The molecule has 2 heterocycles. The summed E-state index contributed by atoms with van der Waals surface area (Å²) in [4.78, 5) is 29.8. The van der Waals surface area contributed by atoms with Crippen molar-refractivity contribution >= 4 is 5.91 Å². The lowest BCUT2D eigenvalue weighted by Gasteiger charge is -2.15. The summed E-state index contributed by atoms with van der Waals surface area (Å²) in [5.41, 5.74) is -0.0573. The predicted octanol–water partition coefficient (Wildman–Crippen LogP) is -0.0829. The Hall–Kier alpha value is -1.56. The van der Waals surface area contributed by atoms with Crippen molar-refractivity contribution in [1.29, 1.82) is 0 Å². The molecule has 0 radical (unpaired) electrons. The number of aromatic amines is 2. The van der Waals surface area contributed by atoms with Crippen LogP contribution in [0.1, 0.15) is 30.3 Å². The average molecular weight is 238 g/mol. The first kappa shape index (κ1) is 11.9. The molecule has 6 nitrogen and oxygen atoms in total. The lowest BCUT2D eigenvalue weighted by Crippen LogP contribution is -2.37. The number of amides is 1. The van der Waals surface area contributed by atoms with Crippen LogP contribution in [0.15, 0.2) is 11.0 Å². The van der Waals surface area contributed by atoms with Gasteiger partial charge >= 0.3 is 5.69 Å². The molecule has 1 saturated heterocycles. The summed E-state index contributed by atoms with van der Waals surface area (Å²) in [6, 6.07) is 0.187. The molecular formula is C11H18N4O2. The summed E-state index contributed by atoms with van der Waals surface area (Å²) in [6.07, 6.45) is 3.50. The first-order chi connectivity index (χ1) is 8.19. The molecule has 0 unspecified atom stereocenters. The van der Waals surface area contributed by atoms with Crippen LogP contribution in [0.5, 0.6) is 0 Å². The molecule has 0 aromatic carbocycles. The second-order valence-corrected chi connectivity index (χ2v) is 4.42. The molecule has 94 valence electrons. The molecule has 1 aromatic heterocycles. The fourth-order valence-electron chi connectivity index (χ4n) is 2.19. The van der Waals surface area contributed by atoms with Gasteiger partial charge in [-0.25, -0.2) is 4.79 Å². The van der Waals surface area contributed by atoms with Gasteiger partial charge in [0, 0.05) is 25.3 Å². The number of rotatable bonds is 4. The Balaban J connectivity index is 1.86. The van der Waals surface area contributed by atoms with Gasteiger partial charge in [0.1, 0.15) is 5.69 Å². The van der Waals surface area contributed by atoms with Crippen molar-refractivity contribution < 1.29 is 4.79 Å². The summed E-state index contributed by atoms with van der Waals surface area (Å²) < 4.78 is 0. The fraction of sp³-hybridized carbons (Fsp3) is 0.636. The Morgan fingerprint density at radius 1 is 1.65 bits per heavy atom. The zero-order valence-electron chi connectivity index (χ0n) is 9.95. The third-order valence-electron chi connectivity index (χ3n) is 2.99. The van der Waals surface area contributed by atoms with Gasteiger partial charge in [-0.05, 0) is 19.4 Å². The second kappa shape index (κ2) is 5.18. The van der Waals surface area contributed by atoms with Crippen LogP contribution in [-0.2, 0) is 0 Å². The summed E-state index contributed by atoms with van der Waals surface area (Å²) in [5, 5.41) is 2.93. The molecule has 1 aliphatic heterocycles. The maximum atomic E-state index is 11.8. The van der Waals surface area contributed by atoms with Gasteiger partial charge < -0.3 is 20.2 Å². The van der Waals surface area contributed by atoms with E-state index in [9.17, 15) is 9.59 Å². The number of nitrogens with one attached hydrogen (secondary N) is 3. The topological polar surface area (TPSA) is 81.0 Å². The molecule has 0 saturated carbocycles. The number of imidazole rings is 1. The number of hydrogen-bond donors (Lipinski definition) is 3. The number of nitrogens with zero attached hydrogens (tertiary/aromatic N) is 1. The van der Waals surface area contributed by atoms with E-state index in [0.717, 1.165) is 32.5 Å². The largest absolute Gasteiger partial charge is 0.347 e. The third kappa shape index (κ3) is 2.97. The number of hydrogen-bond acceptors (Lipinski definition) is 3. The van der Waals surface area contributed by atoms with Crippen molar-refractivity contribution in [3.63, 3.8) is 0 Å². The molecule has 0 aliphatic carbocycles. The molecule has 0 spiro atoms. The normalized spacial score (nSPS) is 20.6. The molecule has 1 aromatic rings. The Labute approximate surface area is 99.4 Å². The molecule has 1 aliphatic rings. The van der Waals surface area contributed by atoms with Crippen molar-refractivity contribution in [3.8, 4) is 0 Å². The molecule has 2 rings (SSSR count). The minimum Gasteiger partial charge on any atom is -0.347 e. The lowest BCUT2D eigenvalue weighted by atomic mass is 10.2. The molecule has 17 heavy (non-hydrogen) atoms. The van der Waals surface area contributed by atoms with E-state index in [1.165, 1.54) is 6.20 Å². The van der Waals surface area contributed by atoms with E-state index >= 15 is 0 Å². The Bertz CT molecular complexity index is 437. The summed E-state index contributed by atoms with van der Waals surface area (Å²) in [6.45, 7) is 5.15. The smallest absolute Gasteiger partial charge is 0.323 e. The zero-order chi connectivity index (χ0) is 12.3. The highest BCUT2D eigenvalue weighted by molar-refractivity contribution is 5.92. The highest BCUT2D eigenvalue weighted by Crippen LogP contribution is 2.09. The van der Waals surface area contributed by atoms with E-state index in [2.05, 4.69) is 27.1 Å². The third-order valence-corrected chi connectivity index (χ3v) is 2.99. The highest BCUT2D eigenvalue weighted by Gasteiger charge is 2.23. The van der Waals surface area contributed by atoms with Crippen LogP contribution >= 0.6 is 0 Å². The number of likely N-dealkylation sites (tertiary alicyclic amines) is 1. The number of carbonyl (C=O) groups excluding carboxylic acids is 1. The van der Waals surface area contributed by atoms with Crippen LogP contribution in [-0.4, -0.2) is 46.5 Å². The SMILES string of the molecule is CCCN1CC[C@@H](NC(=O)c2c[nH]c(=O)[nH]2)C1. The van der Waals surface area contributed by atoms with Crippen LogP contribution < -0.4 is 11.0 Å². The van der Waals surface area contributed by atoms with Crippen LogP contribution in [0.4, 0.5) is 0 Å².